The van der Waals surface area contributed by atoms with Gasteiger partial charge >= 0.3 is 0 Å². The maximum absolute atomic E-state index is 13.7. The molecule has 4 aromatic rings. The van der Waals surface area contributed by atoms with Crippen molar-refractivity contribution in [1.29, 1.82) is 0 Å². The van der Waals surface area contributed by atoms with E-state index in [-0.39, 0.29) is 10.7 Å². The quantitative estimate of drug-likeness (QED) is 0.241. The Bertz CT molecular complexity index is 1400. The number of carbonyl (C=O) groups excluding carboxylic acids is 2. The van der Waals surface area contributed by atoms with Gasteiger partial charge in [-0.1, -0.05) is 54.6 Å². The predicted molar refractivity (Wildman–Crippen MR) is 129 cm³/mol. The van der Waals surface area contributed by atoms with Crippen LogP contribution >= 0.6 is 12.2 Å². The molecule has 32 heavy (non-hydrogen) atoms. The van der Waals surface area contributed by atoms with Crippen molar-refractivity contribution in [3.05, 3.63) is 102 Å². The molecular formula is C26H18N2O3S. The number of carbonyl (C=O) groups is 2. The van der Waals surface area contributed by atoms with Gasteiger partial charge in [-0.15, -0.1) is 0 Å². The fourth-order valence-electron chi connectivity index (χ4n) is 3.82. The summed E-state index contributed by atoms with van der Waals surface area (Å²) in [7, 11) is 0. The van der Waals surface area contributed by atoms with Crippen LogP contribution in [0.1, 0.15) is 11.5 Å². The smallest absolute Gasteiger partial charge is 0.270 e. The summed E-state index contributed by atoms with van der Waals surface area (Å²) in [5, 5.41) is 1.94. The molecule has 0 aliphatic carbocycles. The third-order valence-electron chi connectivity index (χ3n) is 5.32. The molecule has 5 nitrogen and oxygen atoms in total. The molecule has 2 amide bonds. The molecule has 5 rings (SSSR count). The van der Waals surface area contributed by atoms with Gasteiger partial charge in [0, 0.05) is 5.39 Å². The summed E-state index contributed by atoms with van der Waals surface area (Å²) < 4.78 is 5.61. The van der Waals surface area contributed by atoms with Crippen molar-refractivity contribution < 1.29 is 14.0 Å². The fourth-order valence-corrected chi connectivity index (χ4v) is 4.19. The number of benzene rings is 3. The highest BCUT2D eigenvalue weighted by molar-refractivity contribution is 7.81. The molecule has 1 fully saturated rings. The number of hydrogen-bond donors (Lipinski definition) is 0. The van der Waals surface area contributed by atoms with Crippen molar-refractivity contribution in [2.45, 2.75) is 6.92 Å². The van der Waals surface area contributed by atoms with Gasteiger partial charge in [-0.2, -0.15) is 0 Å². The summed E-state index contributed by atoms with van der Waals surface area (Å²) in [6.07, 6.45) is 1.48. The zero-order valence-electron chi connectivity index (χ0n) is 17.2. The molecule has 0 radical (unpaired) electrons. The van der Waals surface area contributed by atoms with Gasteiger partial charge in [0.15, 0.2) is 5.11 Å². The largest absolute Gasteiger partial charge is 0.462 e. The van der Waals surface area contributed by atoms with Crippen LogP contribution in [0.25, 0.3) is 16.8 Å². The van der Waals surface area contributed by atoms with Gasteiger partial charge in [0.2, 0.25) is 0 Å². The Balaban J connectivity index is 1.72. The van der Waals surface area contributed by atoms with Crippen LogP contribution < -0.4 is 9.80 Å². The fraction of sp³-hybridized carbons (Fsp3) is 0.0385. The van der Waals surface area contributed by atoms with Crippen LogP contribution in [0, 0.1) is 6.92 Å². The van der Waals surface area contributed by atoms with Crippen LogP contribution in [0.4, 0.5) is 11.4 Å². The minimum absolute atomic E-state index is 0.0234. The molecule has 0 spiro atoms. The molecule has 1 aliphatic heterocycles. The Morgan fingerprint density at radius 1 is 0.781 bits per heavy atom. The van der Waals surface area contributed by atoms with E-state index in [9.17, 15) is 9.59 Å². The molecule has 1 aliphatic rings. The van der Waals surface area contributed by atoms with E-state index in [1.165, 1.54) is 15.9 Å². The van der Waals surface area contributed by atoms with Gasteiger partial charge < -0.3 is 4.42 Å². The number of rotatable bonds is 3. The average Bonchev–Trinajstić information content (AvgIpc) is 3.22. The topological polar surface area (TPSA) is 53.8 Å². The summed E-state index contributed by atoms with van der Waals surface area (Å²) in [6, 6.07) is 26.0. The first-order valence-electron chi connectivity index (χ1n) is 10.1. The third kappa shape index (κ3) is 3.31. The number of fused-ring (bicyclic) bond motifs is 1. The number of nitrogens with zero attached hydrogens (tertiary/aromatic N) is 2. The van der Waals surface area contributed by atoms with Crippen molar-refractivity contribution >= 4 is 57.4 Å². The molecule has 3 aromatic carbocycles. The summed E-state index contributed by atoms with van der Waals surface area (Å²) in [4.78, 5) is 30.0. The van der Waals surface area contributed by atoms with Crippen LogP contribution in [-0.2, 0) is 9.59 Å². The molecule has 0 saturated carbocycles. The molecule has 0 unspecified atom stereocenters. The van der Waals surface area contributed by atoms with Gasteiger partial charge in [0.1, 0.15) is 17.1 Å². The molecule has 0 atom stereocenters. The van der Waals surface area contributed by atoms with Crippen LogP contribution in [0.5, 0.6) is 0 Å². The summed E-state index contributed by atoms with van der Waals surface area (Å²) in [5.41, 5.74) is 1.18. The zero-order valence-corrected chi connectivity index (χ0v) is 18.0. The van der Waals surface area contributed by atoms with Gasteiger partial charge in [-0.3, -0.25) is 19.4 Å². The van der Waals surface area contributed by atoms with E-state index in [1.807, 2.05) is 60.7 Å². The van der Waals surface area contributed by atoms with Crippen LogP contribution in [0.3, 0.4) is 0 Å². The van der Waals surface area contributed by atoms with E-state index in [0.29, 0.717) is 22.9 Å². The summed E-state index contributed by atoms with van der Waals surface area (Å²) in [6.45, 7) is 1.81. The third-order valence-corrected chi connectivity index (χ3v) is 5.68. The molecule has 2 heterocycles. The molecule has 0 bridgehead atoms. The highest BCUT2D eigenvalue weighted by Gasteiger charge is 2.41. The Hall–Kier alpha value is -4.03. The molecule has 6 heteroatoms. The van der Waals surface area contributed by atoms with E-state index in [1.54, 1.807) is 31.2 Å². The van der Waals surface area contributed by atoms with E-state index in [0.717, 1.165) is 10.8 Å². The van der Waals surface area contributed by atoms with E-state index in [2.05, 4.69) is 0 Å². The van der Waals surface area contributed by atoms with Crippen LogP contribution in [-0.4, -0.2) is 16.9 Å². The first-order chi connectivity index (χ1) is 15.5. The van der Waals surface area contributed by atoms with Crippen molar-refractivity contribution in [2.75, 3.05) is 9.80 Å². The standard InChI is InChI=1S/C26H18N2O3S/c1-17-14-15-20(31-17)16-22-24(29)27(19-10-3-2-4-11-19)26(32)28(25(22)30)23-13-7-9-18-8-5-6-12-21(18)23/h2-16H,1H3. The first kappa shape index (κ1) is 19.9. The second kappa shape index (κ2) is 7.90. The second-order valence-electron chi connectivity index (χ2n) is 7.40. The normalized spacial score (nSPS) is 15.8. The van der Waals surface area contributed by atoms with Crippen molar-refractivity contribution in [2.24, 2.45) is 0 Å². The van der Waals surface area contributed by atoms with Crippen molar-refractivity contribution in [3.8, 4) is 0 Å². The van der Waals surface area contributed by atoms with Gasteiger partial charge in [-0.05, 0) is 60.9 Å². The summed E-state index contributed by atoms with van der Waals surface area (Å²) >= 11 is 5.71. The predicted octanol–water partition coefficient (Wildman–Crippen LogP) is 5.49. The lowest BCUT2D eigenvalue weighted by Gasteiger charge is -2.37. The lowest BCUT2D eigenvalue weighted by molar-refractivity contribution is -0.120. The average molecular weight is 439 g/mol. The Kier molecular flexibility index (Phi) is 4.92. The van der Waals surface area contributed by atoms with Gasteiger partial charge in [0.05, 0.1) is 11.4 Å². The second-order valence-corrected chi connectivity index (χ2v) is 7.77. The highest BCUT2D eigenvalue weighted by atomic mass is 32.1. The van der Waals surface area contributed by atoms with E-state index in [4.69, 9.17) is 16.6 Å². The number of hydrogen-bond acceptors (Lipinski definition) is 4. The van der Waals surface area contributed by atoms with Gasteiger partial charge in [0.25, 0.3) is 11.8 Å². The van der Waals surface area contributed by atoms with Crippen molar-refractivity contribution in [1.82, 2.24) is 0 Å². The Morgan fingerprint density at radius 2 is 1.47 bits per heavy atom. The SMILES string of the molecule is Cc1ccc(C=C2C(=O)N(c3ccccc3)C(=S)N(c3cccc4ccccc34)C2=O)o1. The van der Waals surface area contributed by atoms with Crippen LogP contribution in [0.15, 0.2) is 94.9 Å². The van der Waals surface area contributed by atoms with Gasteiger partial charge in [-0.25, -0.2) is 0 Å². The molecule has 0 N–H and O–H groups in total. The minimum Gasteiger partial charge on any atom is -0.462 e. The lowest BCUT2D eigenvalue weighted by Crippen LogP contribution is -2.57. The zero-order chi connectivity index (χ0) is 22.2. The number of anilines is 2. The molecule has 156 valence electrons. The molecule has 1 aromatic heterocycles. The minimum atomic E-state index is -0.489. The van der Waals surface area contributed by atoms with Crippen LogP contribution in [0.2, 0.25) is 0 Å². The number of furan rings is 1. The highest BCUT2D eigenvalue weighted by Crippen LogP contribution is 2.34. The molecular weight excluding hydrogens is 420 g/mol. The number of amides is 2. The Morgan fingerprint density at radius 3 is 2.22 bits per heavy atom. The monoisotopic (exact) mass is 438 g/mol. The first-order valence-corrected chi connectivity index (χ1v) is 10.5. The lowest BCUT2D eigenvalue weighted by atomic mass is 10.0. The maximum Gasteiger partial charge on any atom is 0.270 e. The molecule has 1 saturated heterocycles. The maximum atomic E-state index is 13.7. The number of aryl methyl sites for hydroxylation is 1. The summed E-state index contributed by atoms with van der Waals surface area (Å²) in [5.74, 6) is 0.140. The van der Waals surface area contributed by atoms with E-state index >= 15 is 0 Å². The number of thiocarbonyl (C=S) groups is 1. The van der Waals surface area contributed by atoms with Crippen molar-refractivity contribution in [3.63, 3.8) is 0 Å². The Labute approximate surface area is 190 Å². The van der Waals surface area contributed by atoms with E-state index < -0.39 is 11.8 Å². The number of para-hydroxylation sites is 1.